The van der Waals surface area contributed by atoms with Crippen LogP contribution in [0.25, 0.3) is 11.3 Å². The van der Waals surface area contributed by atoms with Crippen molar-refractivity contribution < 1.29 is 13.2 Å². The highest BCUT2D eigenvalue weighted by atomic mass is 32.2. The zero-order chi connectivity index (χ0) is 20.3. The van der Waals surface area contributed by atoms with E-state index in [2.05, 4.69) is 10.2 Å². The molecule has 0 unspecified atom stereocenters. The van der Waals surface area contributed by atoms with Gasteiger partial charge >= 0.3 is 0 Å². The Bertz CT molecular complexity index is 1080. The van der Waals surface area contributed by atoms with Crippen LogP contribution in [0.4, 0.5) is 5.82 Å². The van der Waals surface area contributed by atoms with Crippen molar-refractivity contribution in [2.45, 2.75) is 4.90 Å². The molecule has 0 bridgehead atoms. The minimum absolute atomic E-state index is 0.0108. The predicted molar refractivity (Wildman–Crippen MR) is 108 cm³/mol. The Morgan fingerprint density at radius 3 is 2.18 bits per heavy atom. The lowest BCUT2D eigenvalue weighted by Crippen LogP contribution is -2.28. The molecular weight excluding hydrogens is 376 g/mol. The van der Waals surface area contributed by atoms with E-state index in [-0.39, 0.29) is 16.6 Å². The zero-order valence-electron chi connectivity index (χ0n) is 15.8. The van der Waals surface area contributed by atoms with Gasteiger partial charge in [-0.2, -0.15) is 0 Å². The number of rotatable bonds is 5. The molecule has 0 radical (unpaired) electrons. The van der Waals surface area contributed by atoms with E-state index in [1.54, 1.807) is 38.4 Å². The van der Waals surface area contributed by atoms with Crippen LogP contribution in [0.15, 0.2) is 71.6 Å². The number of nitrogens with zero attached hydrogens (tertiary/aromatic N) is 4. The maximum atomic E-state index is 13.0. The van der Waals surface area contributed by atoms with Crippen LogP contribution in [0.3, 0.4) is 0 Å². The summed E-state index contributed by atoms with van der Waals surface area (Å²) >= 11 is 0. The number of carbonyl (C=O) groups excluding carboxylic acids is 1. The summed E-state index contributed by atoms with van der Waals surface area (Å²) in [5.74, 6) is -0.0873. The summed E-state index contributed by atoms with van der Waals surface area (Å²) in [6, 6.07) is 18.7. The van der Waals surface area contributed by atoms with Crippen molar-refractivity contribution in [2.24, 2.45) is 0 Å². The van der Waals surface area contributed by atoms with Crippen LogP contribution in [0.2, 0.25) is 0 Å². The van der Waals surface area contributed by atoms with Gasteiger partial charge < -0.3 is 4.90 Å². The molecule has 0 saturated heterocycles. The molecule has 0 spiro atoms. The van der Waals surface area contributed by atoms with Crippen LogP contribution in [0.1, 0.15) is 10.4 Å². The number of amides is 1. The van der Waals surface area contributed by atoms with Crippen LogP contribution >= 0.6 is 0 Å². The van der Waals surface area contributed by atoms with Crippen LogP contribution in [-0.4, -0.2) is 50.6 Å². The fraction of sp³-hybridized carbons (Fsp3) is 0.150. The monoisotopic (exact) mass is 396 g/mol. The molecule has 1 aromatic heterocycles. The summed E-state index contributed by atoms with van der Waals surface area (Å²) in [4.78, 5) is 13.5. The van der Waals surface area contributed by atoms with Crippen molar-refractivity contribution in [2.75, 3.05) is 25.4 Å². The van der Waals surface area contributed by atoms with Gasteiger partial charge in [0.2, 0.25) is 0 Å². The lowest BCUT2D eigenvalue weighted by Gasteiger charge is -2.19. The summed E-state index contributed by atoms with van der Waals surface area (Å²) in [7, 11) is 0.735. The first-order valence-corrected chi connectivity index (χ1v) is 9.94. The van der Waals surface area contributed by atoms with Gasteiger partial charge in [0.15, 0.2) is 5.82 Å². The van der Waals surface area contributed by atoms with Crippen molar-refractivity contribution in [1.82, 2.24) is 15.1 Å². The molecule has 0 aliphatic carbocycles. The Labute approximate surface area is 164 Å². The minimum atomic E-state index is -3.89. The SMILES string of the molecule is CN(C)C(=O)c1cccc(S(=O)(=O)N(C)c2ccc(-c3ccccc3)nn2)c1. The molecule has 28 heavy (non-hydrogen) atoms. The number of anilines is 1. The first-order valence-electron chi connectivity index (χ1n) is 8.50. The number of sulfonamides is 1. The molecular formula is C20H20N4O3S. The van der Waals surface area contributed by atoms with E-state index in [0.29, 0.717) is 11.3 Å². The lowest BCUT2D eigenvalue weighted by atomic mass is 10.1. The summed E-state index contributed by atoms with van der Waals surface area (Å²) in [5.41, 5.74) is 1.83. The molecule has 3 aromatic rings. The summed E-state index contributed by atoms with van der Waals surface area (Å²) in [5, 5.41) is 8.18. The largest absolute Gasteiger partial charge is 0.345 e. The normalized spacial score (nSPS) is 11.1. The van der Waals surface area contributed by atoms with Gasteiger partial charge in [0, 0.05) is 32.3 Å². The lowest BCUT2D eigenvalue weighted by molar-refractivity contribution is 0.0827. The Hall–Kier alpha value is -3.26. The second kappa shape index (κ2) is 7.77. The van der Waals surface area contributed by atoms with Crippen molar-refractivity contribution in [1.29, 1.82) is 0 Å². The summed E-state index contributed by atoms with van der Waals surface area (Å²) < 4.78 is 27.0. The average Bonchev–Trinajstić information content (AvgIpc) is 2.73. The number of carbonyl (C=O) groups is 1. The number of hydrogen-bond donors (Lipinski definition) is 0. The Kier molecular flexibility index (Phi) is 5.41. The molecule has 144 valence electrons. The fourth-order valence-corrected chi connectivity index (χ4v) is 3.77. The second-order valence-corrected chi connectivity index (χ2v) is 8.31. The molecule has 0 N–H and O–H groups in total. The molecule has 1 amide bonds. The number of hydrogen-bond acceptors (Lipinski definition) is 5. The van der Waals surface area contributed by atoms with Crippen molar-refractivity contribution in [3.05, 3.63) is 72.3 Å². The zero-order valence-corrected chi connectivity index (χ0v) is 16.6. The molecule has 0 atom stereocenters. The van der Waals surface area contributed by atoms with Crippen molar-refractivity contribution in [3.63, 3.8) is 0 Å². The Morgan fingerprint density at radius 1 is 0.857 bits per heavy atom. The van der Waals surface area contributed by atoms with E-state index in [0.717, 1.165) is 9.87 Å². The van der Waals surface area contributed by atoms with Crippen molar-refractivity contribution in [3.8, 4) is 11.3 Å². The second-order valence-electron chi connectivity index (χ2n) is 6.34. The predicted octanol–water partition coefficient (Wildman–Crippen LogP) is 2.67. The third kappa shape index (κ3) is 3.86. The van der Waals surface area contributed by atoms with Crippen LogP contribution in [0, 0.1) is 0 Å². The first-order chi connectivity index (χ1) is 13.3. The van der Waals surface area contributed by atoms with E-state index in [1.807, 2.05) is 30.3 Å². The van der Waals surface area contributed by atoms with Crippen LogP contribution in [-0.2, 0) is 10.0 Å². The highest BCUT2D eigenvalue weighted by molar-refractivity contribution is 7.92. The van der Waals surface area contributed by atoms with Gasteiger partial charge in [0.1, 0.15) is 0 Å². The number of aromatic nitrogens is 2. The van der Waals surface area contributed by atoms with Gasteiger partial charge in [0.05, 0.1) is 10.6 Å². The van der Waals surface area contributed by atoms with Gasteiger partial charge in [-0.15, -0.1) is 10.2 Å². The van der Waals surface area contributed by atoms with Gasteiger partial charge in [-0.25, -0.2) is 8.42 Å². The van der Waals surface area contributed by atoms with Crippen LogP contribution < -0.4 is 4.31 Å². The topological polar surface area (TPSA) is 83.5 Å². The highest BCUT2D eigenvalue weighted by Crippen LogP contribution is 2.23. The van der Waals surface area contributed by atoms with Gasteiger partial charge in [-0.05, 0) is 30.3 Å². The highest BCUT2D eigenvalue weighted by Gasteiger charge is 2.24. The Morgan fingerprint density at radius 2 is 1.57 bits per heavy atom. The maximum absolute atomic E-state index is 13.0. The third-order valence-electron chi connectivity index (χ3n) is 4.19. The minimum Gasteiger partial charge on any atom is -0.345 e. The van der Waals surface area contributed by atoms with Crippen molar-refractivity contribution >= 4 is 21.7 Å². The molecule has 3 rings (SSSR count). The molecule has 2 aromatic carbocycles. The van der Waals surface area contributed by atoms with E-state index < -0.39 is 10.0 Å². The van der Waals surface area contributed by atoms with Gasteiger partial charge in [0.25, 0.3) is 15.9 Å². The van der Waals surface area contributed by atoms with Crippen LogP contribution in [0.5, 0.6) is 0 Å². The first kappa shape index (κ1) is 19.5. The quantitative estimate of drug-likeness (QED) is 0.662. The third-order valence-corrected chi connectivity index (χ3v) is 5.95. The van der Waals surface area contributed by atoms with Gasteiger partial charge in [-0.3, -0.25) is 9.10 Å². The van der Waals surface area contributed by atoms with E-state index in [4.69, 9.17) is 0 Å². The summed E-state index contributed by atoms with van der Waals surface area (Å²) in [6.07, 6.45) is 0. The molecule has 1 heterocycles. The molecule has 0 fully saturated rings. The van der Waals surface area contributed by atoms with E-state index in [9.17, 15) is 13.2 Å². The molecule has 7 nitrogen and oxygen atoms in total. The fourth-order valence-electron chi connectivity index (χ4n) is 2.59. The molecule has 0 aliphatic heterocycles. The average molecular weight is 396 g/mol. The smallest absolute Gasteiger partial charge is 0.265 e. The molecule has 8 heteroatoms. The number of benzene rings is 2. The van der Waals surface area contributed by atoms with E-state index in [1.165, 1.54) is 24.1 Å². The van der Waals surface area contributed by atoms with E-state index >= 15 is 0 Å². The molecule has 0 aliphatic rings. The molecule has 0 saturated carbocycles. The summed E-state index contributed by atoms with van der Waals surface area (Å²) in [6.45, 7) is 0. The standard InChI is InChI=1S/C20H20N4O3S/c1-23(2)20(25)16-10-7-11-17(14-16)28(26,27)24(3)19-13-12-18(21-22-19)15-8-5-4-6-9-15/h4-14H,1-3H3. The van der Waals surface area contributed by atoms with Gasteiger partial charge in [-0.1, -0.05) is 36.4 Å². The maximum Gasteiger partial charge on any atom is 0.265 e. The Balaban J connectivity index is 1.90.